The Bertz CT molecular complexity index is 1130. The summed E-state index contributed by atoms with van der Waals surface area (Å²) in [6, 6.07) is 6.11. The van der Waals surface area contributed by atoms with E-state index in [2.05, 4.69) is 15.3 Å². The van der Waals surface area contributed by atoms with Gasteiger partial charge in [-0.25, -0.2) is 14.8 Å². The van der Waals surface area contributed by atoms with Crippen LogP contribution in [0.3, 0.4) is 0 Å². The molecule has 0 saturated carbocycles. The number of hydrogen-bond donors (Lipinski definition) is 1. The minimum absolute atomic E-state index is 0.00622. The topological polar surface area (TPSA) is 147 Å². The van der Waals surface area contributed by atoms with Crippen molar-refractivity contribution in [1.29, 1.82) is 5.26 Å². The van der Waals surface area contributed by atoms with Gasteiger partial charge in [0.1, 0.15) is 47.4 Å². The van der Waals surface area contributed by atoms with Gasteiger partial charge in [0.25, 0.3) is 0 Å². The second-order valence-corrected chi connectivity index (χ2v) is 7.75. The molecule has 0 radical (unpaired) electrons. The van der Waals surface area contributed by atoms with Crippen molar-refractivity contribution in [2.24, 2.45) is 0 Å². The lowest BCUT2D eigenvalue weighted by Crippen LogP contribution is -2.41. The van der Waals surface area contributed by atoms with Crippen LogP contribution in [0.25, 0.3) is 0 Å². The average Bonchev–Trinajstić information content (AvgIpc) is 2.85. The van der Waals surface area contributed by atoms with Crippen LogP contribution in [0.2, 0.25) is 0 Å². The molecule has 0 aliphatic carbocycles. The zero-order valence-corrected chi connectivity index (χ0v) is 19.7. The summed E-state index contributed by atoms with van der Waals surface area (Å²) in [6.45, 7) is 3.18. The Labute approximate surface area is 202 Å². The van der Waals surface area contributed by atoms with Crippen LogP contribution in [0.15, 0.2) is 24.4 Å². The molecule has 1 atom stereocenters. The normalized spacial score (nSPS) is 14.1. The van der Waals surface area contributed by atoms with Gasteiger partial charge in [-0.1, -0.05) is 6.07 Å². The van der Waals surface area contributed by atoms with Crippen molar-refractivity contribution in [3.63, 3.8) is 0 Å². The van der Waals surface area contributed by atoms with E-state index in [1.807, 2.05) is 6.07 Å². The fourth-order valence-corrected chi connectivity index (χ4v) is 3.31. The number of aldehydes is 1. The zero-order valence-electron chi connectivity index (χ0n) is 19.7. The van der Waals surface area contributed by atoms with Crippen LogP contribution in [-0.4, -0.2) is 79.7 Å². The highest BCUT2D eigenvalue weighted by atomic mass is 16.5. The molecule has 0 bridgehead atoms. The van der Waals surface area contributed by atoms with Gasteiger partial charge in [0.05, 0.1) is 19.4 Å². The molecule has 1 fully saturated rings. The quantitative estimate of drug-likeness (QED) is 0.526. The van der Waals surface area contributed by atoms with Crippen molar-refractivity contribution < 1.29 is 28.6 Å². The van der Waals surface area contributed by atoms with Crippen LogP contribution >= 0.6 is 0 Å². The Morgan fingerprint density at radius 2 is 2.26 bits per heavy atom. The molecular formula is C23H26N6O6. The molecule has 0 spiro atoms. The summed E-state index contributed by atoms with van der Waals surface area (Å²) in [7, 11) is 3.02. The highest BCUT2D eigenvalue weighted by Crippen LogP contribution is 2.23. The molecule has 35 heavy (non-hydrogen) atoms. The van der Waals surface area contributed by atoms with E-state index in [9.17, 15) is 19.6 Å². The maximum Gasteiger partial charge on any atom is 0.328 e. The third kappa shape index (κ3) is 6.50. The summed E-state index contributed by atoms with van der Waals surface area (Å²) >= 11 is 0. The van der Waals surface area contributed by atoms with E-state index in [0.717, 1.165) is 0 Å². The van der Waals surface area contributed by atoms with Crippen molar-refractivity contribution in [3.05, 3.63) is 41.2 Å². The number of anilines is 2. The van der Waals surface area contributed by atoms with Gasteiger partial charge in [0.15, 0.2) is 6.29 Å². The van der Waals surface area contributed by atoms with Gasteiger partial charge in [-0.3, -0.25) is 19.8 Å². The number of amides is 3. The molecule has 1 aliphatic heterocycles. The molecule has 0 aromatic carbocycles. The maximum absolute atomic E-state index is 12.8. The SMILES string of the molecule is COC[C@@H](C)Oc1cc(NC(=O)N(C)c2ccc(CN3CCOCC3=O)c(C=O)n2)ncc1C#N. The number of nitriles is 1. The Kier molecular flexibility index (Phi) is 8.66. The average molecular weight is 482 g/mol. The lowest BCUT2D eigenvalue weighted by Gasteiger charge is -2.27. The van der Waals surface area contributed by atoms with Crippen LogP contribution in [0.5, 0.6) is 5.75 Å². The smallest absolute Gasteiger partial charge is 0.328 e. The molecule has 1 aliphatic rings. The summed E-state index contributed by atoms with van der Waals surface area (Å²) in [6.07, 6.45) is 1.56. The maximum atomic E-state index is 12.8. The van der Waals surface area contributed by atoms with Gasteiger partial charge in [0.2, 0.25) is 5.91 Å². The van der Waals surface area contributed by atoms with Gasteiger partial charge in [-0.2, -0.15) is 5.26 Å². The molecule has 2 aromatic rings. The number of rotatable bonds is 9. The molecule has 1 N–H and O–H groups in total. The first-order valence-corrected chi connectivity index (χ1v) is 10.8. The summed E-state index contributed by atoms with van der Waals surface area (Å²) in [5, 5.41) is 11.9. The van der Waals surface area contributed by atoms with Crippen LogP contribution < -0.4 is 15.0 Å². The number of methoxy groups -OCH3 is 1. The van der Waals surface area contributed by atoms with Gasteiger partial charge < -0.3 is 19.1 Å². The minimum atomic E-state index is -0.571. The van der Waals surface area contributed by atoms with E-state index in [4.69, 9.17) is 14.2 Å². The second-order valence-electron chi connectivity index (χ2n) is 7.75. The zero-order chi connectivity index (χ0) is 25.4. The third-order valence-corrected chi connectivity index (χ3v) is 5.15. The van der Waals surface area contributed by atoms with Crippen LogP contribution in [0.4, 0.5) is 16.4 Å². The molecule has 184 valence electrons. The molecule has 12 nitrogen and oxygen atoms in total. The second kappa shape index (κ2) is 11.9. The molecule has 2 aromatic heterocycles. The third-order valence-electron chi connectivity index (χ3n) is 5.15. The van der Waals surface area contributed by atoms with Gasteiger partial charge in [-0.15, -0.1) is 0 Å². The fourth-order valence-electron chi connectivity index (χ4n) is 3.31. The Balaban J connectivity index is 1.73. The number of morpholine rings is 1. The molecule has 3 heterocycles. The van der Waals surface area contributed by atoms with E-state index in [1.165, 1.54) is 31.3 Å². The van der Waals surface area contributed by atoms with Crippen molar-refractivity contribution >= 4 is 29.9 Å². The summed E-state index contributed by atoms with van der Waals surface area (Å²) in [5.74, 6) is 0.482. The number of hydrogen-bond acceptors (Lipinski definition) is 9. The minimum Gasteiger partial charge on any atom is -0.487 e. The van der Waals surface area contributed by atoms with E-state index < -0.39 is 6.03 Å². The lowest BCUT2D eigenvalue weighted by molar-refractivity contribution is -0.143. The van der Waals surface area contributed by atoms with Crippen LogP contribution in [-0.2, 0) is 20.8 Å². The molecule has 3 amide bonds. The number of nitrogens with zero attached hydrogens (tertiary/aromatic N) is 5. The number of aromatic nitrogens is 2. The van der Waals surface area contributed by atoms with Crippen molar-refractivity contribution in [3.8, 4) is 11.8 Å². The molecular weight excluding hydrogens is 456 g/mol. The fraction of sp³-hybridized carbons (Fsp3) is 0.391. The largest absolute Gasteiger partial charge is 0.487 e. The highest BCUT2D eigenvalue weighted by Gasteiger charge is 2.21. The first-order valence-electron chi connectivity index (χ1n) is 10.8. The van der Waals surface area contributed by atoms with Gasteiger partial charge in [0, 0.05) is 38.9 Å². The Morgan fingerprint density at radius 3 is 2.94 bits per heavy atom. The van der Waals surface area contributed by atoms with Crippen LogP contribution in [0, 0.1) is 11.3 Å². The molecule has 12 heteroatoms. The highest BCUT2D eigenvalue weighted by molar-refractivity contribution is 6.00. The standard InChI is InChI=1S/C23H26N6O6/c1-15(13-33-3)35-19-8-20(25-10-17(19)9-24)27-23(32)28(2)21-5-4-16(18(12-30)26-21)11-29-6-7-34-14-22(29)31/h4-5,8,10,12,15H,6-7,11,13-14H2,1-3H3,(H,25,27,32)/t15-/m1/s1. The van der Waals surface area contributed by atoms with E-state index in [1.54, 1.807) is 24.0 Å². The van der Waals surface area contributed by atoms with E-state index >= 15 is 0 Å². The number of carbonyl (C=O) groups excluding carboxylic acids is 3. The van der Waals surface area contributed by atoms with Gasteiger partial charge in [-0.05, 0) is 13.0 Å². The number of urea groups is 1. The van der Waals surface area contributed by atoms with Crippen molar-refractivity contribution in [2.75, 3.05) is 50.7 Å². The van der Waals surface area contributed by atoms with Gasteiger partial charge >= 0.3 is 6.03 Å². The van der Waals surface area contributed by atoms with Crippen LogP contribution in [0.1, 0.15) is 28.5 Å². The number of carbonyl (C=O) groups is 3. The molecule has 3 rings (SSSR count). The Hall–Kier alpha value is -4.08. The number of pyridine rings is 2. The van der Waals surface area contributed by atoms with Crippen molar-refractivity contribution in [2.45, 2.75) is 19.6 Å². The van der Waals surface area contributed by atoms with E-state index in [-0.39, 0.29) is 53.8 Å². The number of nitrogens with one attached hydrogen (secondary N) is 1. The molecule has 0 unspecified atom stereocenters. The summed E-state index contributed by atoms with van der Waals surface area (Å²) in [5.41, 5.74) is 0.903. The first kappa shape index (κ1) is 25.5. The predicted octanol–water partition coefficient (Wildman–Crippen LogP) is 1.60. The number of ether oxygens (including phenoxy) is 3. The van der Waals surface area contributed by atoms with E-state index in [0.29, 0.717) is 31.6 Å². The van der Waals surface area contributed by atoms with Crippen molar-refractivity contribution in [1.82, 2.24) is 14.9 Å². The first-order chi connectivity index (χ1) is 16.9. The lowest BCUT2D eigenvalue weighted by atomic mass is 10.1. The summed E-state index contributed by atoms with van der Waals surface area (Å²) in [4.78, 5) is 47.6. The molecule has 1 saturated heterocycles. The predicted molar refractivity (Wildman–Crippen MR) is 124 cm³/mol. The Morgan fingerprint density at radius 1 is 1.46 bits per heavy atom. The summed E-state index contributed by atoms with van der Waals surface area (Å²) < 4.78 is 15.9. The monoisotopic (exact) mass is 482 g/mol.